The summed E-state index contributed by atoms with van der Waals surface area (Å²) in [6.45, 7) is 1.86. The van der Waals surface area contributed by atoms with Gasteiger partial charge in [-0.2, -0.15) is 4.37 Å². The van der Waals surface area contributed by atoms with Gasteiger partial charge in [-0.3, -0.25) is 4.79 Å². The third kappa shape index (κ3) is 2.81. The summed E-state index contributed by atoms with van der Waals surface area (Å²) < 4.78 is 16.9. The van der Waals surface area contributed by atoms with E-state index in [0.717, 1.165) is 4.88 Å². The SMILES string of the molecule is Cc1cc(C(=O)Nc2ccc(F)c(Cl)c2)ns1. The highest BCUT2D eigenvalue weighted by molar-refractivity contribution is 7.05. The number of carbonyl (C=O) groups excluding carboxylic acids is 1. The Kier molecular flexibility index (Phi) is 3.40. The first-order valence-electron chi connectivity index (χ1n) is 4.76. The zero-order valence-corrected chi connectivity index (χ0v) is 10.4. The van der Waals surface area contributed by atoms with Gasteiger partial charge in [0.15, 0.2) is 0 Å². The Balaban J connectivity index is 2.15. The lowest BCUT2D eigenvalue weighted by atomic mass is 10.3. The van der Waals surface area contributed by atoms with Crippen LogP contribution >= 0.6 is 23.1 Å². The smallest absolute Gasteiger partial charge is 0.275 e. The number of carbonyl (C=O) groups is 1. The fourth-order valence-electron chi connectivity index (χ4n) is 1.24. The van der Waals surface area contributed by atoms with E-state index in [2.05, 4.69) is 9.69 Å². The van der Waals surface area contributed by atoms with Crippen molar-refractivity contribution in [3.05, 3.63) is 45.7 Å². The second-order valence-electron chi connectivity index (χ2n) is 3.41. The fourth-order valence-corrected chi connectivity index (χ4v) is 1.97. The molecule has 0 fully saturated rings. The molecule has 0 aliphatic rings. The van der Waals surface area contributed by atoms with Crippen molar-refractivity contribution in [2.24, 2.45) is 0 Å². The summed E-state index contributed by atoms with van der Waals surface area (Å²) in [5.41, 5.74) is 0.778. The van der Waals surface area contributed by atoms with E-state index in [4.69, 9.17) is 11.6 Å². The number of halogens is 2. The van der Waals surface area contributed by atoms with Gasteiger partial charge in [-0.05, 0) is 42.7 Å². The number of rotatable bonds is 2. The van der Waals surface area contributed by atoms with Crippen LogP contribution in [0.2, 0.25) is 5.02 Å². The van der Waals surface area contributed by atoms with Gasteiger partial charge in [-0.15, -0.1) is 0 Å². The van der Waals surface area contributed by atoms with Crippen LogP contribution in [0.5, 0.6) is 0 Å². The highest BCUT2D eigenvalue weighted by Gasteiger charge is 2.10. The lowest BCUT2D eigenvalue weighted by molar-refractivity contribution is 0.102. The molecule has 1 N–H and O–H groups in total. The minimum atomic E-state index is -0.519. The first-order chi connectivity index (χ1) is 8.06. The number of nitrogens with zero attached hydrogens (tertiary/aromatic N) is 1. The normalized spacial score (nSPS) is 10.3. The van der Waals surface area contributed by atoms with Crippen molar-refractivity contribution >= 4 is 34.7 Å². The van der Waals surface area contributed by atoms with E-state index in [9.17, 15) is 9.18 Å². The third-order valence-corrected chi connectivity index (χ3v) is 3.02. The van der Waals surface area contributed by atoms with Gasteiger partial charge < -0.3 is 5.32 Å². The summed E-state index contributed by atoms with van der Waals surface area (Å²) in [5, 5.41) is 2.56. The van der Waals surface area contributed by atoms with Gasteiger partial charge in [0.1, 0.15) is 11.5 Å². The van der Waals surface area contributed by atoms with E-state index in [-0.39, 0.29) is 10.9 Å². The molecule has 6 heteroatoms. The molecule has 0 bridgehead atoms. The van der Waals surface area contributed by atoms with Crippen LogP contribution in [-0.4, -0.2) is 10.3 Å². The van der Waals surface area contributed by atoms with Gasteiger partial charge in [-0.1, -0.05) is 11.6 Å². The van der Waals surface area contributed by atoms with Crippen LogP contribution in [0.1, 0.15) is 15.4 Å². The van der Waals surface area contributed by atoms with Crippen molar-refractivity contribution in [2.45, 2.75) is 6.92 Å². The van der Waals surface area contributed by atoms with Gasteiger partial charge in [0.25, 0.3) is 5.91 Å². The summed E-state index contributed by atoms with van der Waals surface area (Å²) >= 11 is 6.86. The maximum Gasteiger partial charge on any atom is 0.275 e. The van der Waals surface area contributed by atoms with Crippen molar-refractivity contribution in [2.75, 3.05) is 5.32 Å². The molecule has 0 saturated heterocycles. The molecule has 3 nitrogen and oxygen atoms in total. The lowest BCUT2D eigenvalue weighted by Gasteiger charge is -2.03. The van der Waals surface area contributed by atoms with E-state index >= 15 is 0 Å². The predicted octanol–water partition coefficient (Wildman–Crippen LogP) is 3.50. The molecule has 0 spiro atoms. The Morgan fingerprint density at radius 2 is 2.24 bits per heavy atom. The van der Waals surface area contributed by atoms with Crippen LogP contribution in [-0.2, 0) is 0 Å². The number of aryl methyl sites for hydroxylation is 1. The molecule has 0 atom stereocenters. The number of anilines is 1. The summed E-state index contributed by atoms with van der Waals surface area (Å²) in [4.78, 5) is 12.7. The summed E-state index contributed by atoms with van der Waals surface area (Å²) in [7, 11) is 0. The maximum atomic E-state index is 12.9. The Morgan fingerprint density at radius 1 is 1.47 bits per heavy atom. The number of amides is 1. The number of aromatic nitrogens is 1. The Labute approximate surface area is 106 Å². The molecule has 0 saturated carbocycles. The van der Waals surface area contributed by atoms with E-state index in [1.54, 1.807) is 6.07 Å². The van der Waals surface area contributed by atoms with Crippen molar-refractivity contribution < 1.29 is 9.18 Å². The van der Waals surface area contributed by atoms with Crippen molar-refractivity contribution in [1.82, 2.24) is 4.37 Å². The predicted molar refractivity (Wildman–Crippen MR) is 66.2 cm³/mol. The van der Waals surface area contributed by atoms with E-state index in [0.29, 0.717) is 11.4 Å². The molecule has 17 heavy (non-hydrogen) atoms. The van der Waals surface area contributed by atoms with E-state index in [1.807, 2.05) is 6.92 Å². The standard InChI is InChI=1S/C11H8ClFN2OS/c1-6-4-10(15-17-6)11(16)14-7-2-3-9(13)8(12)5-7/h2-5H,1H3,(H,14,16). The largest absolute Gasteiger partial charge is 0.321 e. The first kappa shape index (κ1) is 12.0. The van der Waals surface area contributed by atoms with Crippen molar-refractivity contribution in [3.8, 4) is 0 Å². The molecule has 88 valence electrons. The molecule has 1 heterocycles. The van der Waals surface area contributed by atoms with Crippen LogP contribution in [0, 0.1) is 12.7 Å². The third-order valence-electron chi connectivity index (χ3n) is 2.04. The van der Waals surface area contributed by atoms with Gasteiger partial charge in [0.2, 0.25) is 0 Å². The van der Waals surface area contributed by atoms with Gasteiger partial charge in [0, 0.05) is 10.6 Å². The summed E-state index contributed by atoms with van der Waals surface area (Å²) in [6.07, 6.45) is 0. The molecule has 2 aromatic rings. The number of hydrogen-bond acceptors (Lipinski definition) is 3. The second kappa shape index (κ2) is 4.81. The zero-order valence-electron chi connectivity index (χ0n) is 8.83. The van der Waals surface area contributed by atoms with E-state index in [1.165, 1.54) is 29.7 Å². The van der Waals surface area contributed by atoms with Gasteiger partial charge in [0.05, 0.1) is 5.02 Å². The van der Waals surface area contributed by atoms with Crippen molar-refractivity contribution in [1.29, 1.82) is 0 Å². The average molecular weight is 271 g/mol. The molecule has 1 aromatic heterocycles. The Morgan fingerprint density at radius 3 is 2.82 bits per heavy atom. The molecular formula is C11H8ClFN2OS. The second-order valence-corrected chi connectivity index (χ2v) is 4.82. The van der Waals surface area contributed by atoms with Crippen LogP contribution < -0.4 is 5.32 Å². The first-order valence-corrected chi connectivity index (χ1v) is 5.91. The zero-order chi connectivity index (χ0) is 12.4. The average Bonchev–Trinajstić information content (AvgIpc) is 2.70. The van der Waals surface area contributed by atoms with Crippen LogP contribution in [0.15, 0.2) is 24.3 Å². The monoisotopic (exact) mass is 270 g/mol. The molecule has 0 aliphatic heterocycles. The molecular weight excluding hydrogens is 263 g/mol. The minimum Gasteiger partial charge on any atom is -0.321 e. The Bertz CT molecular complexity index is 570. The number of benzene rings is 1. The highest BCUT2D eigenvalue weighted by Crippen LogP contribution is 2.20. The minimum absolute atomic E-state index is 0.0303. The lowest BCUT2D eigenvalue weighted by Crippen LogP contribution is -2.12. The van der Waals surface area contributed by atoms with Crippen LogP contribution in [0.3, 0.4) is 0 Å². The summed E-state index contributed by atoms with van der Waals surface area (Å²) in [6, 6.07) is 5.68. The summed E-state index contributed by atoms with van der Waals surface area (Å²) in [5.74, 6) is -0.855. The maximum absolute atomic E-state index is 12.9. The quantitative estimate of drug-likeness (QED) is 0.907. The van der Waals surface area contributed by atoms with Gasteiger partial charge >= 0.3 is 0 Å². The van der Waals surface area contributed by atoms with Crippen molar-refractivity contribution in [3.63, 3.8) is 0 Å². The van der Waals surface area contributed by atoms with Crippen LogP contribution in [0.4, 0.5) is 10.1 Å². The Hall–Kier alpha value is -1.46. The molecule has 1 aromatic carbocycles. The molecule has 0 aliphatic carbocycles. The molecule has 2 rings (SSSR count). The number of nitrogens with one attached hydrogen (secondary N) is 1. The molecule has 0 unspecified atom stereocenters. The number of hydrogen-bond donors (Lipinski definition) is 1. The fraction of sp³-hybridized carbons (Fsp3) is 0.0909. The van der Waals surface area contributed by atoms with Crippen LogP contribution in [0.25, 0.3) is 0 Å². The molecule has 1 amide bonds. The topological polar surface area (TPSA) is 42.0 Å². The van der Waals surface area contributed by atoms with E-state index < -0.39 is 5.82 Å². The highest BCUT2D eigenvalue weighted by atomic mass is 35.5. The molecule has 0 radical (unpaired) electrons. The van der Waals surface area contributed by atoms with Gasteiger partial charge in [-0.25, -0.2) is 4.39 Å².